The minimum Gasteiger partial charge on any atom is -0.464 e. The summed E-state index contributed by atoms with van der Waals surface area (Å²) in [6, 6.07) is 73.0. The van der Waals surface area contributed by atoms with Crippen molar-refractivity contribution in [2.75, 3.05) is 0 Å². The average Bonchev–Trinajstić information content (AvgIpc) is 1.19. The van der Waals surface area contributed by atoms with Crippen molar-refractivity contribution in [3.63, 3.8) is 0 Å². The number of rotatable bonds is 7. The van der Waals surface area contributed by atoms with Gasteiger partial charge in [-0.25, -0.2) is 0 Å². The molecule has 0 amide bonds. The fourth-order valence-corrected chi connectivity index (χ4v) is 18.5. The molecule has 9 heteroatoms. The molecule has 21 rings (SSSR count). The Bertz CT molecular complexity index is 7190. The van der Waals surface area contributed by atoms with Gasteiger partial charge in [0.05, 0.1) is 55.5 Å². The van der Waals surface area contributed by atoms with Crippen LogP contribution in [0.2, 0.25) is 0 Å². The molecular weight excluding hydrogens is 1400 g/mol. The molecule has 2 atom stereocenters. The Hall–Kier alpha value is -13.0. The first kappa shape index (κ1) is 68.8. The fraction of sp³-hybridized carbons (Fsp3) is 0.189. The number of aromatic nitrogens is 8. The Balaban J connectivity index is 0.000000109. The number of aryl methyl sites for hydroxylation is 4. The lowest BCUT2D eigenvalue weighted by atomic mass is 9.68. The standard InChI is InChI=1S/C28H27N2.C27H23N2.C26H25N2.C25H21N2O/c1-17-11-26-20-6-7-21(14-20)27(26)15-25(17)28-24-9-8-19(22-5-4-10-29-16-22)13-23(24)12-18(2)30(28)3;1-18-13-20-7-4-5-8-21(20)16-26(18)27-25-11-10-22(23-9-6-12-28-17-23)15-24(25)14-19(2)29(27)3;1-16-8-6-10-21-23(16)25-24-20(12-17(2)28(25)5)13-19(14-22(24)26(21,3)4)18-9-7-11-27-15-18;1-16-11-19-8-10-28-24(19)14-23(16)25-22-7-6-18(20-5-4-9-26-15-20)13-21(22)12-17(2)27(25)3/h4-5,8-13,15-16,20-21H,6-7,14H2,1-3H3;4-17H,1-3H3;6-15H,1-5H3;4-15H,1-3H3/q4*+1/i12D;14D;2*12D. The van der Waals surface area contributed by atoms with Gasteiger partial charge in [0.15, 0.2) is 22.8 Å². The van der Waals surface area contributed by atoms with Gasteiger partial charge >= 0.3 is 0 Å². The minimum atomic E-state index is -0.153. The fourth-order valence-electron chi connectivity index (χ4n) is 18.5. The van der Waals surface area contributed by atoms with Crippen LogP contribution >= 0.6 is 0 Å². The molecule has 3 aliphatic carbocycles. The van der Waals surface area contributed by atoms with Crippen LogP contribution in [0.5, 0.6) is 0 Å². The summed E-state index contributed by atoms with van der Waals surface area (Å²) < 4.78 is 49.7. The van der Waals surface area contributed by atoms with E-state index in [1.54, 1.807) is 42.2 Å². The van der Waals surface area contributed by atoms with Crippen molar-refractivity contribution in [1.82, 2.24) is 19.9 Å². The third-order valence-electron chi connectivity index (χ3n) is 25.1. The first-order valence-electron chi connectivity index (χ1n) is 42.0. The monoisotopic (exact) mass is 1500 g/mol. The van der Waals surface area contributed by atoms with E-state index in [1.165, 1.54) is 96.9 Å². The van der Waals surface area contributed by atoms with E-state index in [-0.39, 0.29) is 5.41 Å². The van der Waals surface area contributed by atoms with Crippen LogP contribution in [0.4, 0.5) is 0 Å². The zero-order chi connectivity index (χ0) is 82.7. The molecule has 1 saturated carbocycles. The van der Waals surface area contributed by atoms with Gasteiger partial charge < -0.3 is 4.42 Å². The lowest BCUT2D eigenvalue weighted by Gasteiger charge is -2.34. The van der Waals surface area contributed by atoms with E-state index in [9.17, 15) is 0 Å². The van der Waals surface area contributed by atoms with E-state index >= 15 is 0 Å². The Morgan fingerprint density at radius 1 is 0.348 bits per heavy atom. The van der Waals surface area contributed by atoms with Crippen LogP contribution in [0.3, 0.4) is 0 Å². The van der Waals surface area contributed by atoms with E-state index in [0.717, 1.165) is 145 Å². The second-order valence-corrected chi connectivity index (χ2v) is 32.4. The van der Waals surface area contributed by atoms with Crippen molar-refractivity contribution < 1.29 is 28.2 Å². The number of nitrogens with zero attached hydrogens (tertiary/aromatic N) is 8. The summed E-state index contributed by atoms with van der Waals surface area (Å²) in [5.41, 5.74) is 33.8. The Morgan fingerprint density at radius 3 is 1.25 bits per heavy atom. The summed E-state index contributed by atoms with van der Waals surface area (Å²) in [6.07, 6.45) is 20.4. The van der Waals surface area contributed by atoms with Crippen LogP contribution in [0.1, 0.15) is 118 Å². The predicted octanol–water partition coefficient (Wildman–Crippen LogP) is 23.9. The van der Waals surface area contributed by atoms with Gasteiger partial charge in [-0.15, -0.1) is 0 Å². The maximum atomic E-state index is 8.91. The molecule has 0 saturated heterocycles. The molecule has 562 valence electrons. The molecule has 1 fully saturated rings. The molecule has 0 N–H and O–H groups in total. The highest BCUT2D eigenvalue weighted by atomic mass is 16.3. The highest BCUT2D eigenvalue weighted by Crippen LogP contribution is 2.55. The van der Waals surface area contributed by atoms with E-state index in [1.807, 2.05) is 89.0 Å². The number of pyridine rings is 8. The molecule has 2 bridgehead atoms. The molecule has 9 heterocycles. The SMILES string of the molecule is [2H]c1c(C)[n+](C)c(-c2cc3c(cc2C)C2CCC3C2)c2ccc(-c3cccnc3)cc12.[2H]c1c(C)[n+](C)c(-c2cc3ccccc3cc2C)c2ccc(-c3cccnc3)cc12.[2H]c1c(C)[n+](C)c(-c2cc3occc3cc2C)c2ccc(-c3cccnc3)cc12.[2H]c1c(C)[n+](C)c2c3c(cc(-c4cccnc4)cc13)C(C)(C)c1cccc(C)c1-2. The molecule has 2 unspecified atom stereocenters. The lowest BCUT2D eigenvalue weighted by molar-refractivity contribution is -0.665. The Labute approximate surface area is 679 Å². The Kier molecular flexibility index (Phi) is 17.7. The van der Waals surface area contributed by atoms with Gasteiger partial charge in [0.2, 0.25) is 22.8 Å². The van der Waals surface area contributed by atoms with Gasteiger partial charge in [0.1, 0.15) is 33.8 Å². The van der Waals surface area contributed by atoms with Gasteiger partial charge in [-0.05, 0) is 261 Å². The van der Waals surface area contributed by atoms with E-state index in [4.69, 9.17) is 9.90 Å². The van der Waals surface area contributed by atoms with Crippen LogP contribution in [-0.2, 0) is 33.6 Å². The summed E-state index contributed by atoms with van der Waals surface area (Å²) in [5.74, 6) is 1.52. The molecule has 9 aromatic carbocycles. The van der Waals surface area contributed by atoms with E-state index in [0.29, 0.717) is 24.2 Å². The second-order valence-electron chi connectivity index (χ2n) is 32.4. The minimum absolute atomic E-state index is 0.153. The summed E-state index contributed by atoms with van der Waals surface area (Å²) in [7, 11) is 8.29. The quantitative estimate of drug-likeness (QED) is 0.149. The van der Waals surface area contributed by atoms with Gasteiger partial charge in [-0.3, -0.25) is 19.9 Å². The zero-order valence-electron chi connectivity index (χ0n) is 72.0. The summed E-state index contributed by atoms with van der Waals surface area (Å²) >= 11 is 0. The number of benzene rings is 9. The molecule has 18 aromatic rings. The molecule has 115 heavy (non-hydrogen) atoms. The van der Waals surface area contributed by atoms with Crippen molar-refractivity contribution >= 4 is 64.8 Å². The van der Waals surface area contributed by atoms with Gasteiger partial charge in [-0.1, -0.05) is 111 Å². The summed E-state index contributed by atoms with van der Waals surface area (Å²) in [4.78, 5) is 17.1. The summed E-state index contributed by atoms with van der Waals surface area (Å²) in [5, 5.41) is 12.0. The molecule has 3 aliphatic rings. The second kappa shape index (κ2) is 29.5. The van der Waals surface area contributed by atoms with Crippen molar-refractivity contribution in [2.45, 2.75) is 106 Å². The Morgan fingerprint density at radius 2 is 0.765 bits per heavy atom. The predicted molar refractivity (Wildman–Crippen MR) is 472 cm³/mol. The number of hydrogen-bond donors (Lipinski definition) is 0. The maximum Gasteiger partial charge on any atom is 0.221 e. The first-order chi connectivity index (χ1) is 57.4. The number of fused-ring (bicyclic) bond motifs is 12. The topological polar surface area (TPSA) is 80.2 Å². The van der Waals surface area contributed by atoms with Crippen molar-refractivity contribution in [2.24, 2.45) is 28.2 Å². The molecular formula is C106H96N8O+4. The van der Waals surface area contributed by atoms with Crippen molar-refractivity contribution in [3.8, 4) is 89.5 Å². The summed E-state index contributed by atoms with van der Waals surface area (Å²) in [6.45, 7) is 21.5. The molecule has 9 nitrogen and oxygen atoms in total. The zero-order valence-corrected chi connectivity index (χ0v) is 68.0. The van der Waals surface area contributed by atoms with E-state index < -0.39 is 0 Å². The van der Waals surface area contributed by atoms with Crippen molar-refractivity contribution in [3.05, 3.63) is 347 Å². The van der Waals surface area contributed by atoms with Crippen LogP contribution in [0.15, 0.2) is 285 Å². The van der Waals surface area contributed by atoms with Crippen LogP contribution in [-0.4, -0.2) is 19.9 Å². The third-order valence-corrected chi connectivity index (χ3v) is 25.1. The highest BCUT2D eigenvalue weighted by molar-refractivity contribution is 6.04. The first-order valence-corrected chi connectivity index (χ1v) is 40.0. The highest BCUT2D eigenvalue weighted by Gasteiger charge is 2.41. The maximum absolute atomic E-state index is 8.91. The van der Waals surface area contributed by atoms with Gasteiger partial charge in [0, 0.05) is 134 Å². The average molecular weight is 1500 g/mol. The molecule has 0 spiro atoms. The van der Waals surface area contributed by atoms with Crippen molar-refractivity contribution in [1.29, 1.82) is 0 Å². The van der Waals surface area contributed by atoms with Crippen LogP contribution < -0.4 is 18.3 Å². The molecule has 0 aliphatic heterocycles. The third kappa shape index (κ3) is 13.2. The molecule has 9 aromatic heterocycles. The smallest absolute Gasteiger partial charge is 0.221 e. The number of hydrogen-bond acceptors (Lipinski definition) is 5. The van der Waals surface area contributed by atoms with Crippen LogP contribution in [0, 0.1) is 55.4 Å². The normalized spacial score (nSPS) is 14.6. The largest absolute Gasteiger partial charge is 0.464 e. The molecule has 0 radical (unpaired) electrons. The van der Waals surface area contributed by atoms with E-state index in [2.05, 4.69) is 272 Å². The van der Waals surface area contributed by atoms with Crippen LogP contribution in [0.25, 0.3) is 154 Å². The van der Waals surface area contributed by atoms with Gasteiger partial charge in [0.25, 0.3) is 0 Å². The number of furan rings is 1. The lowest BCUT2D eigenvalue weighted by Crippen LogP contribution is -2.38. The van der Waals surface area contributed by atoms with Gasteiger partial charge in [-0.2, -0.15) is 18.3 Å².